The van der Waals surface area contributed by atoms with Crippen molar-refractivity contribution in [3.63, 3.8) is 0 Å². The summed E-state index contributed by atoms with van der Waals surface area (Å²) >= 11 is 0. The number of hydrogen-bond donors (Lipinski definition) is 1. The molecule has 224 valence electrons. The molecule has 2 amide bonds. The zero-order valence-electron chi connectivity index (χ0n) is 24.2. The van der Waals surface area contributed by atoms with Crippen LogP contribution in [0, 0.1) is 17.5 Å². The number of fused-ring (bicyclic) bond motifs is 1. The lowest BCUT2D eigenvalue weighted by molar-refractivity contribution is -0.00239. The van der Waals surface area contributed by atoms with Crippen LogP contribution in [0.2, 0.25) is 0 Å². The maximum atomic E-state index is 15.0. The van der Waals surface area contributed by atoms with E-state index >= 15 is 0 Å². The van der Waals surface area contributed by atoms with E-state index in [0.29, 0.717) is 55.6 Å². The van der Waals surface area contributed by atoms with Crippen LogP contribution in [-0.2, 0) is 13.6 Å². The number of aryl methyl sites for hydroxylation is 1. The molecule has 1 spiro atoms. The van der Waals surface area contributed by atoms with Gasteiger partial charge in [-0.2, -0.15) is 0 Å². The smallest absolute Gasteiger partial charge is 0.320 e. The summed E-state index contributed by atoms with van der Waals surface area (Å²) in [4.78, 5) is 33.5. The van der Waals surface area contributed by atoms with Gasteiger partial charge in [0.05, 0.1) is 11.6 Å². The van der Waals surface area contributed by atoms with Crippen LogP contribution in [0.25, 0.3) is 10.9 Å². The van der Waals surface area contributed by atoms with Crippen LogP contribution in [0.4, 0.5) is 18.0 Å². The zero-order valence-corrected chi connectivity index (χ0v) is 24.2. The molecule has 42 heavy (non-hydrogen) atoms. The van der Waals surface area contributed by atoms with E-state index in [1.165, 1.54) is 18.2 Å². The summed E-state index contributed by atoms with van der Waals surface area (Å²) in [5.41, 5.74) is 1.06. The molecular weight excluding hydrogens is 543 g/mol. The molecule has 2 atom stereocenters. The second-order valence-corrected chi connectivity index (χ2v) is 12.2. The van der Waals surface area contributed by atoms with Gasteiger partial charge < -0.3 is 19.7 Å². The Morgan fingerprint density at radius 3 is 2.52 bits per heavy atom. The summed E-state index contributed by atoms with van der Waals surface area (Å²) in [7, 11) is 3.71. The number of rotatable bonds is 4. The third-order valence-corrected chi connectivity index (χ3v) is 9.76. The molecule has 2 saturated heterocycles. The molecule has 0 bridgehead atoms. The fraction of sp³-hybridized carbons (Fsp3) is 0.500. The number of pyridine rings is 1. The molecule has 3 fully saturated rings. The van der Waals surface area contributed by atoms with Crippen LogP contribution >= 0.6 is 0 Å². The van der Waals surface area contributed by atoms with Crippen molar-refractivity contribution in [2.75, 3.05) is 33.2 Å². The summed E-state index contributed by atoms with van der Waals surface area (Å²) in [5.74, 6) is -1.47. The second-order valence-electron chi connectivity index (χ2n) is 12.2. The number of piperazine rings is 1. The van der Waals surface area contributed by atoms with Crippen molar-refractivity contribution in [1.82, 2.24) is 24.6 Å². The number of hydrogen-bond acceptors (Lipinski definition) is 4. The molecule has 3 heterocycles. The fourth-order valence-electron chi connectivity index (χ4n) is 7.48. The van der Waals surface area contributed by atoms with Crippen molar-refractivity contribution < 1.29 is 18.0 Å². The predicted molar refractivity (Wildman–Crippen MR) is 156 cm³/mol. The Morgan fingerprint density at radius 1 is 1.02 bits per heavy atom. The van der Waals surface area contributed by atoms with Crippen molar-refractivity contribution in [3.8, 4) is 0 Å². The van der Waals surface area contributed by atoms with Gasteiger partial charge >= 0.3 is 6.03 Å². The largest absolute Gasteiger partial charge is 0.350 e. The molecule has 6 rings (SSSR count). The topological polar surface area (TPSA) is 60.8 Å². The van der Waals surface area contributed by atoms with Crippen LogP contribution in [0.3, 0.4) is 0 Å². The van der Waals surface area contributed by atoms with E-state index in [4.69, 9.17) is 0 Å². The number of aromatic nitrogens is 1. The molecule has 0 radical (unpaired) electrons. The van der Waals surface area contributed by atoms with Crippen molar-refractivity contribution in [3.05, 3.63) is 81.4 Å². The molecule has 0 unspecified atom stereocenters. The summed E-state index contributed by atoms with van der Waals surface area (Å²) in [6.07, 6.45) is 6.94. The Morgan fingerprint density at radius 2 is 1.76 bits per heavy atom. The zero-order chi connectivity index (χ0) is 29.6. The highest BCUT2D eigenvalue weighted by Crippen LogP contribution is 2.40. The first kappa shape index (κ1) is 28.7. The van der Waals surface area contributed by atoms with Gasteiger partial charge in [0.2, 0.25) is 0 Å². The van der Waals surface area contributed by atoms with Crippen LogP contribution < -0.4 is 10.7 Å². The van der Waals surface area contributed by atoms with Crippen molar-refractivity contribution >= 4 is 16.9 Å². The summed E-state index contributed by atoms with van der Waals surface area (Å²) in [6.45, 7) is 2.43. The van der Waals surface area contributed by atoms with E-state index < -0.39 is 23.5 Å². The maximum absolute atomic E-state index is 15.0. The first-order chi connectivity index (χ1) is 20.2. The number of amides is 2. The minimum Gasteiger partial charge on any atom is -0.350 e. The third-order valence-electron chi connectivity index (χ3n) is 9.76. The van der Waals surface area contributed by atoms with E-state index in [1.54, 1.807) is 11.0 Å². The standard InChI is InChI=1S/C32H38F3N5O2/c1-36-24-9-12-40(29(17-24)25-15-22(33)5-7-27(25)35)31(42)38-13-14-39(32(20-38)10-3-4-11-32)19-21-18-37(2)28-8-6-23(34)16-26(28)30(21)41/h5-8,15-16,18,24,29,36H,3-4,9-14,17,19-20H2,1-2H3/t24-,29+/m1/s1. The first-order valence-electron chi connectivity index (χ1n) is 14.9. The summed E-state index contributed by atoms with van der Waals surface area (Å²) in [5, 5.41) is 3.61. The Labute approximate surface area is 243 Å². The van der Waals surface area contributed by atoms with E-state index in [-0.39, 0.29) is 28.6 Å². The van der Waals surface area contributed by atoms with Crippen molar-refractivity contribution in [2.45, 2.75) is 62.7 Å². The van der Waals surface area contributed by atoms with Crippen molar-refractivity contribution in [2.24, 2.45) is 7.05 Å². The van der Waals surface area contributed by atoms with Gasteiger partial charge in [0.25, 0.3) is 0 Å². The molecule has 1 aromatic heterocycles. The SMILES string of the molecule is CN[C@@H]1CCN(C(=O)N2CCN(Cc3cn(C)c4ccc(F)cc4c3=O)C3(CCCC3)C2)[C@H](c2cc(F)ccc2F)C1. The van der Waals surface area contributed by atoms with Gasteiger partial charge in [0.15, 0.2) is 5.43 Å². The molecule has 2 aliphatic heterocycles. The Balaban J connectivity index is 1.26. The molecule has 3 aliphatic rings. The molecule has 7 nitrogen and oxygen atoms in total. The lowest BCUT2D eigenvalue weighted by Crippen LogP contribution is -2.64. The average molecular weight is 582 g/mol. The number of urea groups is 1. The number of carbonyl (C=O) groups is 1. The van der Waals surface area contributed by atoms with Gasteiger partial charge in [-0.15, -0.1) is 0 Å². The number of nitrogens with one attached hydrogen (secondary N) is 1. The van der Waals surface area contributed by atoms with Gasteiger partial charge in [0.1, 0.15) is 17.5 Å². The number of likely N-dealkylation sites (tertiary alicyclic amines) is 1. The molecule has 3 aromatic rings. The number of benzene rings is 2. The third kappa shape index (κ3) is 5.19. The van der Waals surface area contributed by atoms with Gasteiger partial charge in [0, 0.05) is 74.1 Å². The molecule has 1 aliphatic carbocycles. The van der Waals surface area contributed by atoms with E-state index in [2.05, 4.69) is 10.2 Å². The van der Waals surface area contributed by atoms with Gasteiger partial charge in [-0.05, 0) is 69.1 Å². The van der Waals surface area contributed by atoms with Crippen LogP contribution in [0.15, 0.2) is 47.4 Å². The molecule has 1 N–H and O–H groups in total. The fourth-order valence-corrected chi connectivity index (χ4v) is 7.48. The number of carbonyl (C=O) groups excluding carboxylic acids is 1. The number of nitrogens with zero attached hydrogens (tertiary/aromatic N) is 4. The van der Waals surface area contributed by atoms with Crippen molar-refractivity contribution in [1.29, 1.82) is 0 Å². The summed E-state index contributed by atoms with van der Waals surface area (Å²) in [6, 6.07) is 7.11. The van der Waals surface area contributed by atoms with E-state index in [9.17, 15) is 22.8 Å². The monoisotopic (exact) mass is 581 g/mol. The van der Waals surface area contributed by atoms with Gasteiger partial charge in [-0.3, -0.25) is 9.69 Å². The molecular formula is C32H38F3N5O2. The maximum Gasteiger partial charge on any atom is 0.320 e. The highest BCUT2D eigenvalue weighted by Gasteiger charge is 2.46. The van der Waals surface area contributed by atoms with E-state index in [0.717, 1.165) is 44.2 Å². The van der Waals surface area contributed by atoms with Crippen LogP contribution in [-0.4, -0.2) is 70.1 Å². The van der Waals surface area contributed by atoms with Crippen LogP contribution in [0.1, 0.15) is 55.7 Å². The van der Waals surface area contributed by atoms with Crippen LogP contribution in [0.5, 0.6) is 0 Å². The normalized spacial score (nSPS) is 22.8. The second kappa shape index (κ2) is 11.4. The Bertz CT molecular complexity index is 1550. The molecule has 1 saturated carbocycles. The summed E-state index contributed by atoms with van der Waals surface area (Å²) < 4.78 is 45.0. The quantitative estimate of drug-likeness (QED) is 0.475. The van der Waals surface area contributed by atoms with Gasteiger partial charge in [-0.1, -0.05) is 12.8 Å². The average Bonchev–Trinajstić information content (AvgIpc) is 3.45. The first-order valence-corrected chi connectivity index (χ1v) is 14.9. The minimum atomic E-state index is -0.571. The molecule has 10 heteroatoms. The van der Waals surface area contributed by atoms with Gasteiger partial charge in [-0.25, -0.2) is 18.0 Å². The predicted octanol–water partition coefficient (Wildman–Crippen LogP) is 4.93. The number of piperidine rings is 1. The lowest BCUT2D eigenvalue weighted by atomic mass is 9.90. The van der Waals surface area contributed by atoms with E-state index in [1.807, 2.05) is 29.8 Å². The lowest BCUT2D eigenvalue weighted by Gasteiger charge is -2.51. The number of halogens is 3. The Kier molecular flexibility index (Phi) is 7.78. The highest BCUT2D eigenvalue weighted by atomic mass is 19.1. The highest BCUT2D eigenvalue weighted by molar-refractivity contribution is 5.79. The Hall–Kier alpha value is -3.37. The molecule has 2 aromatic carbocycles. The minimum absolute atomic E-state index is 0.0952.